The quantitative estimate of drug-likeness (QED) is 0.101. The van der Waals surface area contributed by atoms with Crippen LogP contribution in [0.15, 0.2) is 54.6 Å². The van der Waals surface area contributed by atoms with Gasteiger partial charge in [0.15, 0.2) is 6.61 Å². The fourth-order valence-corrected chi connectivity index (χ4v) is 4.04. The standard InChI is InChI=1S/C26H35F2NO8/c27-26(28,19-36-20-10-4-3-5-11-20)15-14-22-21(23(30)18-24(22)31)12-6-1-2-7-13-25(32)35-16-8-9-17-37-29(33)34/h1,3-6,10-11,14-15,21-24,30-31H,2,7-9,12-13,16-19H2/b6-1-,15-14+/t21-,22-,23+,24-/m1/s1. The molecule has 2 N–H and O–H groups in total. The van der Waals surface area contributed by atoms with Gasteiger partial charge in [-0.25, -0.2) is 0 Å². The SMILES string of the molecule is O=C(CCC/C=C\C[C@@H]1[C@@H](/C=C/C(F)(F)COc2ccccc2)[C@H](O)C[C@@H]1O)OCCCCO[N+](=O)[O-]. The maximum Gasteiger partial charge on any atom is 0.305 e. The number of ether oxygens (including phenoxy) is 2. The van der Waals surface area contributed by atoms with Crippen molar-refractivity contribution in [2.24, 2.45) is 11.8 Å². The number of halogens is 2. The summed E-state index contributed by atoms with van der Waals surface area (Å²) in [7, 11) is 0. The summed E-state index contributed by atoms with van der Waals surface area (Å²) in [6.45, 7) is -0.699. The molecule has 1 aliphatic rings. The summed E-state index contributed by atoms with van der Waals surface area (Å²) in [5.41, 5.74) is 0. The van der Waals surface area contributed by atoms with Crippen molar-refractivity contribution in [2.45, 2.75) is 63.1 Å². The first kappa shape index (κ1) is 30.2. The Morgan fingerprint density at radius 3 is 2.57 bits per heavy atom. The van der Waals surface area contributed by atoms with Gasteiger partial charge in [0.05, 0.1) is 25.4 Å². The highest BCUT2D eigenvalue weighted by Crippen LogP contribution is 2.37. The zero-order valence-corrected chi connectivity index (χ0v) is 20.6. The first-order valence-corrected chi connectivity index (χ1v) is 12.4. The second kappa shape index (κ2) is 15.9. The maximum absolute atomic E-state index is 14.3. The average Bonchev–Trinajstić information content (AvgIpc) is 3.13. The lowest BCUT2D eigenvalue weighted by atomic mass is 9.89. The first-order chi connectivity index (χ1) is 17.7. The minimum atomic E-state index is -3.24. The smallest absolute Gasteiger partial charge is 0.305 e. The molecule has 11 heteroatoms. The lowest BCUT2D eigenvalue weighted by Crippen LogP contribution is -2.25. The van der Waals surface area contributed by atoms with Crippen molar-refractivity contribution >= 4 is 5.97 Å². The molecular weight excluding hydrogens is 492 g/mol. The number of benzene rings is 1. The van der Waals surface area contributed by atoms with E-state index in [9.17, 15) is 33.9 Å². The van der Waals surface area contributed by atoms with E-state index in [1.165, 1.54) is 6.08 Å². The molecule has 0 unspecified atom stereocenters. The van der Waals surface area contributed by atoms with Crippen molar-refractivity contribution < 1.29 is 43.2 Å². The molecule has 0 spiro atoms. The molecule has 4 atom stereocenters. The molecule has 37 heavy (non-hydrogen) atoms. The molecule has 1 fully saturated rings. The van der Waals surface area contributed by atoms with Crippen LogP contribution < -0.4 is 4.74 Å². The molecule has 206 valence electrons. The van der Waals surface area contributed by atoms with E-state index >= 15 is 0 Å². The minimum absolute atomic E-state index is 0.0379. The number of aliphatic hydroxyl groups excluding tert-OH is 2. The van der Waals surface area contributed by atoms with Crippen LogP contribution in [0.5, 0.6) is 5.75 Å². The van der Waals surface area contributed by atoms with Gasteiger partial charge in [0.1, 0.15) is 5.75 Å². The predicted molar refractivity (Wildman–Crippen MR) is 130 cm³/mol. The molecule has 1 aliphatic carbocycles. The Labute approximate surface area is 214 Å². The number of aliphatic hydroxyl groups is 2. The van der Waals surface area contributed by atoms with E-state index in [0.717, 1.165) is 6.08 Å². The van der Waals surface area contributed by atoms with Gasteiger partial charge in [-0.15, -0.1) is 10.1 Å². The zero-order valence-electron chi connectivity index (χ0n) is 20.6. The van der Waals surface area contributed by atoms with Crippen molar-refractivity contribution in [2.75, 3.05) is 19.8 Å². The Balaban J connectivity index is 1.69. The molecule has 0 aliphatic heterocycles. The molecule has 2 rings (SSSR count). The number of alkyl halides is 2. The van der Waals surface area contributed by atoms with Gasteiger partial charge < -0.3 is 24.5 Å². The van der Waals surface area contributed by atoms with Gasteiger partial charge in [0.25, 0.3) is 11.0 Å². The van der Waals surface area contributed by atoms with Crippen LogP contribution in [0.3, 0.4) is 0 Å². The van der Waals surface area contributed by atoms with Crippen LogP contribution in [-0.2, 0) is 14.4 Å². The van der Waals surface area contributed by atoms with Crippen LogP contribution in [-0.4, -0.2) is 59.2 Å². The Bertz CT molecular complexity index is 881. The molecule has 0 amide bonds. The second-order valence-electron chi connectivity index (χ2n) is 8.92. The molecule has 0 aromatic heterocycles. The molecule has 0 bridgehead atoms. The van der Waals surface area contributed by atoms with Gasteiger partial charge in [-0.05, 0) is 56.2 Å². The first-order valence-electron chi connectivity index (χ1n) is 12.4. The number of hydrogen-bond acceptors (Lipinski definition) is 8. The van der Waals surface area contributed by atoms with E-state index in [2.05, 4.69) is 4.84 Å². The van der Waals surface area contributed by atoms with Gasteiger partial charge in [-0.2, -0.15) is 8.78 Å². The van der Waals surface area contributed by atoms with Crippen molar-refractivity contribution in [3.05, 3.63) is 64.8 Å². The lowest BCUT2D eigenvalue weighted by molar-refractivity contribution is -0.757. The summed E-state index contributed by atoms with van der Waals surface area (Å²) in [4.78, 5) is 25.9. The molecule has 1 aromatic rings. The van der Waals surface area contributed by atoms with E-state index in [1.807, 2.05) is 12.2 Å². The largest absolute Gasteiger partial charge is 0.487 e. The number of allylic oxidation sites excluding steroid dienone is 2. The summed E-state index contributed by atoms with van der Waals surface area (Å²) in [6.07, 6.45) is 6.69. The van der Waals surface area contributed by atoms with Crippen LogP contribution >= 0.6 is 0 Å². The highest BCUT2D eigenvalue weighted by atomic mass is 19.3. The number of nitrogens with zero attached hydrogens (tertiary/aromatic N) is 1. The van der Waals surface area contributed by atoms with Crippen molar-refractivity contribution in [1.29, 1.82) is 0 Å². The number of para-hydroxylation sites is 1. The van der Waals surface area contributed by atoms with Crippen LogP contribution in [0, 0.1) is 22.0 Å². The van der Waals surface area contributed by atoms with E-state index in [4.69, 9.17) is 9.47 Å². The van der Waals surface area contributed by atoms with E-state index in [1.54, 1.807) is 30.3 Å². The number of esters is 1. The van der Waals surface area contributed by atoms with Gasteiger partial charge in [-0.1, -0.05) is 36.4 Å². The van der Waals surface area contributed by atoms with E-state index < -0.39 is 41.7 Å². The van der Waals surface area contributed by atoms with Gasteiger partial charge in [0, 0.05) is 18.8 Å². The summed E-state index contributed by atoms with van der Waals surface area (Å²) >= 11 is 0. The summed E-state index contributed by atoms with van der Waals surface area (Å²) in [6, 6.07) is 8.30. The molecule has 1 saturated carbocycles. The third-order valence-electron chi connectivity index (χ3n) is 5.98. The molecular formula is C26H35F2NO8. The minimum Gasteiger partial charge on any atom is -0.487 e. The maximum atomic E-state index is 14.3. The molecule has 9 nitrogen and oxygen atoms in total. The third kappa shape index (κ3) is 12.2. The molecule has 0 radical (unpaired) electrons. The number of carbonyl (C=O) groups excluding carboxylic acids is 1. The normalized spacial score (nSPS) is 21.9. The number of rotatable bonds is 17. The molecule has 0 heterocycles. The Morgan fingerprint density at radius 1 is 1.11 bits per heavy atom. The summed E-state index contributed by atoms with van der Waals surface area (Å²) in [5.74, 6) is -4.28. The van der Waals surface area contributed by atoms with Crippen LogP contribution in [0.4, 0.5) is 8.78 Å². The Morgan fingerprint density at radius 2 is 1.84 bits per heavy atom. The van der Waals surface area contributed by atoms with Crippen LogP contribution in [0.25, 0.3) is 0 Å². The molecule has 0 saturated heterocycles. The number of hydrogen-bond donors (Lipinski definition) is 2. The van der Waals surface area contributed by atoms with Gasteiger partial charge in [0.2, 0.25) is 0 Å². The van der Waals surface area contributed by atoms with Crippen molar-refractivity contribution in [3.63, 3.8) is 0 Å². The van der Waals surface area contributed by atoms with Crippen molar-refractivity contribution in [1.82, 2.24) is 0 Å². The van der Waals surface area contributed by atoms with E-state index in [-0.39, 0.29) is 32.0 Å². The van der Waals surface area contributed by atoms with Gasteiger partial charge in [-0.3, -0.25) is 4.79 Å². The Kier molecular flexibility index (Phi) is 13.0. The van der Waals surface area contributed by atoms with Crippen molar-refractivity contribution in [3.8, 4) is 5.75 Å². The Hall–Kier alpha value is -3.05. The zero-order chi connectivity index (χ0) is 27.1. The fraction of sp³-hybridized carbons (Fsp3) is 0.577. The summed E-state index contributed by atoms with van der Waals surface area (Å²) < 4.78 is 38.8. The fourth-order valence-electron chi connectivity index (χ4n) is 4.04. The third-order valence-corrected chi connectivity index (χ3v) is 5.98. The average molecular weight is 528 g/mol. The summed E-state index contributed by atoms with van der Waals surface area (Å²) in [5, 5.41) is 29.7. The number of carbonyl (C=O) groups is 1. The van der Waals surface area contributed by atoms with Crippen LogP contribution in [0.2, 0.25) is 0 Å². The van der Waals surface area contributed by atoms with Crippen LogP contribution in [0.1, 0.15) is 44.9 Å². The van der Waals surface area contributed by atoms with E-state index in [0.29, 0.717) is 37.9 Å². The topological polar surface area (TPSA) is 128 Å². The highest BCUT2D eigenvalue weighted by molar-refractivity contribution is 5.69. The number of unbranched alkanes of at least 4 members (excludes halogenated alkanes) is 2. The predicted octanol–water partition coefficient (Wildman–Crippen LogP) is 4.26. The monoisotopic (exact) mass is 527 g/mol. The van der Waals surface area contributed by atoms with Gasteiger partial charge >= 0.3 is 5.97 Å². The molecule has 1 aromatic carbocycles. The lowest BCUT2D eigenvalue weighted by Gasteiger charge is -2.20. The second-order valence-corrected chi connectivity index (χ2v) is 8.92. The highest BCUT2D eigenvalue weighted by Gasteiger charge is 2.40.